The maximum absolute atomic E-state index is 11.2. The van der Waals surface area contributed by atoms with Crippen molar-refractivity contribution >= 4 is 22.7 Å². The molecule has 2 aliphatic rings. The lowest BCUT2D eigenvalue weighted by Gasteiger charge is -2.24. The zero-order valence-electron chi connectivity index (χ0n) is 23.4. The lowest BCUT2D eigenvalue weighted by molar-refractivity contribution is 0.388. The number of aliphatic hydroxyl groups is 2. The van der Waals surface area contributed by atoms with Crippen molar-refractivity contribution in [2.24, 2.45) is 0 Å². The Bertz CT molecular complexity index is 1800. The molecule has 6 rings (SSSR count). The monoisotopic (exact) mass is 609 g/mol. The van der Waals surface area contributed by atoms with Crippen molar-refractivity contribution in [2.45, 2.75) is 0 Å². The molecule has 45 heavy (non-hydrogen) atoms. The molecular weight excluding hydrogens is 582 g/mol. The van der Waals surface area contributed by atoms with Crippen molar-refractivity contribution in [3.8, 4) is 46.0 Å². The summed E-state index contributed by atoms with van der Waals surface area (Å²) in [7, 11) is 0. The van der Waals surface area contributed by atoms with Crippen LogP contribution in [0.3, 0.4) is 0 Å². The smallest absolute Gasteiger partial charge is 0.176 e. The highest BCUT2D eigenvalue weighted by Gasteiger charge is 2.30. The van der Waals surface area contributed by atoms with Crippen LogP contribution in [0.4, 0.5) is 0 Å². The van der Waals surface area contributed by atoms with E-state index in [0.29, 0.717) is 11.1 Å². The third-order valence-corrected chi connectivity index (χ3v) is 7.20. The molecule has 4 aromatic rings. The maximum Gasteiger partial charge on any atom is 0.176 e. The van der Waals surface area contributed by atoms with Crippen LogP contribution in [0.2, 0.25) is 0 Å². The molecule has 2 aliphatic heterocycles. The summed E-state index contributed by atoms with van der Waals surface area (Å²) in [4.78, 5) is 0. The van der Waals surface area contributed by atoms with Gasteiger partial charge in [0, 0.05) is 59.6 Å². The largest absolute Gasteiger partial charge is 0.508 e. The van der Waals surface area contributed by atoms with Gasteiger partial charge < -0.3 is 55.6 Å². The van der Waals surface area contributed by atoms with Crippen LogP contribution in [0.1, 0.15) is 22.3 Å². The molecule has 0 saturated heterocycles. The number of ether oxygens (including phenoxy) is 2. The number of phenols is 6. The molecule has 0 radical (unpaired) electrons. The van der Waals surface area contributed by atoms with Gasteiger partial charge in [0.15, 0.2) is 23.0 Å². The zero-order chi connectivity index (χ0) is 31.8. The Morgan fingerprint density at radius 3 is 1.24 bits per heavy atom. The van der Waals surface area contributed by atoms with E-state index in [-0.39, 0.29) is 104 Å². The van der Waals surface area contributed by atoms with Crippen LogP contribution in [0.5, 0.6) is 46.0 Å². The Morgan fingerprint density at radius 1 is 0.489 bits per heavy atom. The third kappa shape index (κ3) is 5.51. The first-order valence-electron chi connectivity index (χ1n) is 13.7. The molecule has 0 aliphatic carbocycles. The molecule has 0 bridgehead atoms. The molecular formula is C34H27NO10. The molecule has 11 nitrogen and oxygen atoms in total. The molecule has 4 aromatic carbocycles. The van der Waals surface area contributed by atoms with E-state index >= 15 is 0 Å². The Kier molecular flexibility index (Phi) is 7.37. The van der Waals surface area contributed by atoms with Crippen LogP contribution in [0.15, 0.2) is 96.5 Å². The Balaban J connectivity index is 1.32. The van der Waals surface area contributed by atoms with E-state index in [1.165, 1.54) is 36.4 Å². The van der Waals surface area contributed by atoms with Crippen molar-refractivity contribution in [3.63, 3.8) is 0 Å². The number of hydrogen-bond donors (Lipinski definition) is 9. The molecule has 228 valence electrons. The number of fused-ring (bicyclic) bond motifs is 2. The second-order valence-electron chi connectivity index (χ2n) is 10.2. The van der Waals surface area contributed by atoms with Gasteiger partial charge in [-0.3, -0.25) is 0 Å². The number of aromatic hydroxyl groups is 6. The fraction of sp³-hybridized carbons (Fsp3) is 0.0588. The standard InChI is InChI=1S/C34H27NO10/c36-19-5-1-17(2-6-19)33-31(42)23(29-25(40)13-21(38)15-27(29)44-33)9-11-35-12-10-24-30-26(41)14-22(39)16-28(30)45-34(32(24)43)18-3-7-20(37)8-4-18/h1-10,13-16,35-43H,11-12H2/b23-9+,24-10+. The minimum absolute atomic E-state index is 0.0211. The lowest BCUT2D eigenvalue weighted by atomic mass is 9.95. The normalized spacial score (nSPS) is 15.9. The van der Waals surface area contributed by atoms with E-state index in [4.69, 9.17) is 9.47 Å². The average Bonchev–Trinajstić information content (AvgIpc) is 2.99. The van der Waals surface area contributed by atoms with Gasteiger partial charge >= 0.3 is 0 Å². The van der Waals surface area contributed by atoms with Crippen molar-refractivity contribution < 1.29 is 50.3 Å². The highest BCUT2D eigenvalue weighted by atomic mass is 16.5. The number of phenolic OH excluding ortho intramolecular Hbond substituents is 6. The molecule has 0 aromatic heterocycles. The average molecular weight is 610 g/mol. The maximum atomic E-state index is 11.2. The summed E-state index contributed by atoms with van der Waals surface area (Å²) in [5.41, 5.74) is 1.65. The van der Waals surface area contributed by atoms with E-state index in [2.05, 4.69) is 5.32 Å². The fourth-order valence-corrected chi connectivity index (χ4v) is 5.12. The molecule has 0 amide bonds. The summed E-state index contributed by atoms with van der Waals surface area (Å²) >= 11 is 0. The van der Waals surface area contributed by atoms with E-state index in [9.17, 15) is 40.9 Å². The van der Waals surface area contributed by atoms with Gasteiger partial charge in [0.05, 0.1) is 11.1 Å². The summed E-state index contributed by atoms with van der Waals surface area (Å²) in [5.74, 6) is -1.32. The van der Waals surface area contributed by atoms with E-state index < -0.39 is 0 Å². The Labute approximate surface area is 256 Å². The highest BCUT2D eigenvalue weighted by molar-refractivity contribution is 5.94. The number of aliphatic hydroxyl groups excluding tert-OH is 2. The summed E-state index contributed by atoms with van der Waals surface area (Å²) in [5, 5.41) is 86.2. The minimum Gasteiger partial charge on any atom is -0.508 e. The number of allylic oxidation sites excluding steroid dienone is 2. The molecule has 0 spiro atoms. The topological polar surface area (TPSA) is 192 Å². The van der Waals surface area contributed by atoms with E-state index in [1.807, 2.05) is 0 Å². The second kappa shape index (κ2) is 11.5. The van der Waals surface area contributed by atoms with Crippen LogP contribution in [0.25, 0.3) is 22.7 Å². The van der Waals surface area contributed by atoms with Gasteiger partial charge in [-0.1, -0.05) is 12.2 Å². The van der Waals surface area contributed by atoms with Crippen molar-refractivity contribution in [1.82, 2.24) is 5.32 Å². The van der Waals surface area contributed by atoms with Gasteiger partial charge in [-0.15, -0.1) is 0 Å². The second-order valence-corrected chi connectivity index (χ2v) is 10.2. The first-order valence-corrected chi connectivity index (χ1v) is 13.7. The number of rotatable bonds is 6. The van der Waals surface area contributed by atoms with Gasteiger partial charge in [-0.05, 0) is 48.5 Å². The molecule has 0 atom stereocenters. The van der Waals surface area contributed by atoms with Crippen molar-refractivity contribution in [1.29, 1.82) is 0 Å². The fourth-order valence-electron chi connectivity index (χ4n) is 5.12. The van der Waals surface area contributed by atoms with Crippen LogP contribution >= 0.6 is 0 Å². The summed E-state index contributed by atoms with van der Waals surface area (Å²) in [6, 6.07) is 16.8. The molecule has 0 saturated carbocycles. The van der Waals surface area contributed by atoms with E-state index in [1.54, 1.807) is 36.4 Å². The number of nitrogens with one attached hydrogen (secondary N) is 1. The summed E-state index contributed by atoms with van der Waals surface area (Å²) in [6.07, 6.45) is 3.22. The third-order valence-electron chi connectivity index (χ3n) is 7.20. The zero-order valence-corrected chi connectivity index (χ0v) is 23.4. The molecule has 11 heteroatoms. The molecule has 2 heterocycles. The quantitative estimate of drug-likeness (QED) is 0.123. The van der Waals surface area contributed by atoms with Crippen LogP contribution < -0.4 is 14.8 Å². The highest BCUT2D eigenvalue weighted by Crippen LogP contribution is 2.48. The Hall–Kier alpha value is -6.20. The van der Waals surface area contributed by atoms with Crippen molar-refractivity contribution in [3.05, 3.63) is 119 Å². The van der Waals surface area contributed by atoms with Gasteiger partial charge in [0.1, 0.15) is 46.0 Å². The molecule has 9 N–H and O–H groups in total. The summed E-state index contributed by atoms with van der Waals surface area (Å²) < 4.78 is 11.7. The first-order chi connectivity index (χ1) is 21.6. The van der Waals surface area contributed by atoms with Gasteiger partial charge in [0.25, 0.3) is 0 Å². The van der Waals surface area contributed by atoms with Gasteiger partial charge in [-0.25, -0.2) is 0 Å². The predicted molar refractivity (Wildman–Crippen MR) is 165 cm³/mol. The van der Waals surface area contributed by atoms with Crippen LogP contribution in [-0.2, 0) is 0 Å². The molecule has 0 fully saturated rings. The molecule has 0 unspecified atom stereocenters. The lowest BCUT2D eigenvalue weighted by Crippen LogP contribution is -2.17. The van der Waals surface area contributed by atoms with Crippen molar-refractivity contribution in [2.75, 3.05) is 13.1 Å². The minimum atomic E-state index is -0.316. The number of hydrogen-bond acceptors (Lipinski definition) is 11. The van der Waals surface area contributed by atoms with Crippen LogP contribution in [0, 0.1) is 0 Å². The number of benzene rings is 4. The van der Waals surface area contributed by atoms with Gasteiger partial charge in [0.2, 0.25) is 0 Å². The Morgan fingerprint density at radius 2 is 0.867 bits per heavy atom. The van der Waals surface area contributed by atoms with E-state index in [0.717, 1.165) is 12.1 Å². The summed E-state index contributed by atoms with van der Waals surface area (Å²) in [6.45, 7) is 0.290. The van der Waals surface area contributed by atoms with Crippen LogP contribution in [-0.4, -0.2) is 53.9 Å². The van der Waals surface area contributed by atoms with Gasteiger partial charge in [-0.2, -0.15) is 0 Å². The SMILES string of the molecule is OC1=C(c2ccc(O)cc2)Oc2cc(O)cc(O)c2/C1=C\CNC/C=C1/C(O)=C(c2ccc(O)cc2)Oc2cc(O)cc(O)c21. The predicted octanol–water partition coefficient (Wildman–Crippen LogP) is 5.62. The first kappa shape index (κ1) is 28.9.